The summed E-state index contributed by atoms with van der Waals surface area (Å²) >= 11 is 7.55. The molecule has 11 heteroatoms. The third kappa shape index (κ3) is 9.29. The number of hydrogen-bond acceptors (Lipinski definition) is 7. The Balaban J connectivity index is 1.49. The monoisotopic (exact) mass is 659 g/mol. The molecule has 0 spiro atoms. The Hall–Kier alpha value is -4.93. The average molecular weight is 660 g/mol. The van der Waals surface area contributed by atoms with Crippen molar-refractivity contribution in [2.45, 2.75) is 24.0 Å². The molecular weight excluding hydrogens is 626 g/mol. The fraction of sp³-hybridized carbons (Fsp3) is 0.171. The van der Waals surface area contributed by atoms with Gasteiger partial charge in [0.2, 0.25) is 5.91 Å². The third-order valence-electron chi connectivity index (χ3n) is 6.54. The van der Waals surface area contributed by atoms with Gasteiger partial charge in [-0.2, -0.15) is 0 Å². The first-order valence-electron chi connectivity index (χ1n) is 14.3. The number of carbonyl (C=O) groups excluding carboxylic acids is 3. The summed E-state index contributed by atoms with van der Waals surface area (Å²) in [6.45, 7) is 4.19. The summed E-state index contributed by atoms with van der Waals surface area (Å²) in [5, 5.41) is 8.27. The summed E-state index contributed by atoms with van der Waals surface area (Å²) in [5.41, 5.74) is 2.05. The van der Waals surface area contributed by atoms with Crippen LogP contribution in [0.3, 0.4) is 0 Å². The number of anilines is 2. The van der Waals surface area contributed by atoms with E-state index in [4.69, 9.17) is 25.8 Å². The van der Waals surface area contributed by atoms with Crippen molar-refractivity contribution in [2.75, 3.05) is 31.5 Å². The van der Waals surface area contributed by atoms with Gasteiger partial charge in [-0.15, -0.1) is 11.8 Å². The Morgan fingerprint density at radius 3 is 2.26 bits per heavy atom. The predicted molar refractivity (Wildman–Crippen MR) is 183 cm³/mol. The molecule has 238 valence electrons. The molecule has 0 saturated heterocycles. The molecule has 1 atom stereocenters. The minimum Gasteiger partial charge on any atom is -0.495 e. The lowest BCUT2D eigenvalue weighted by Gasteiger charge is -2.16. The van der Waals surface area contributed by atoms with Gasteiger partial charge in [-0.25, -0.2) is 0 Å². The number of halogens is 1. The van der Waals surface area contributed by atoms with Crippen LogP contribution in [0, 0.1) is 0 Å². The lowest BCUT2D eigenvalue weighted by molar-refractivity contribution is -0.115. The molecule has 3 N–H and O–H groups in total. The summed E-state index contributed by atoms with van der Waals surface area (Å²) < 4.78 is 16.1. The Bertz CT molecular complexity index is 1710. The first-order chi connectivity index (χ1) is 22.2. The second-order valence-corrected chi connectivity index (χ2v) is 11.6. The number of hydrogen-bond donors (Lipinski definition) is 3. The molecule has 3 amide bonds. The van der Waals surface area contributed by atoms with Crippen LogP contribution in [0.4, 0.5) is 11.4 Å². The van der Waals surface area contributed by atoms with Gasteiger partial charge in [-0.3, -0.25) is 14.4 Å². The maximum absolute atomic E-state index is 13.5. The molecule has 1 unspecified atom stereocenters. The second-order valence-electron chi connectivity index (χ2n) is 9.80. The molecule has 0 aliphatic carbocycles. The normalized spacial score (nSPS) is 11.6. The molecule has 46 heavy (non-hydrogen) atoms. The Morgan fingerprint density at radius 1 is 0.870 bits per heavy atom. The van der Waals surface area contributed by atoms with Gasteiger partial charge in [-0.05, 0) is 74.0 Å². The van der Waals surface area contributed by atoms with Crippen LogP contribution >= 0.6 is 23.4 Å². The van der Waals surface area contributed by atoms with Crippen LogP contribution in [0.15, 0.2) is 102 Å². The van der Waals surface area contributed by atoms with E-state index in [1.807, 2.05) is 13.0 Å². The van der Waals surface area contributed by atoms with E-state index in [9.17, 15) is 14.4 Å². The Morgan fingerprint density at radius 2 is 1.59 bits per heavy atom. The summed E-state index contributed by atoms with van der Waals surface area (Å²) in [6.07, 6.45) is 1.59. The first-order valence-corrected chi connectivity index (χ1v) is 15.6. The quantitative estimate of drug-likeness (QED) is 0.102. The van der Waals surface area contributed by atoms with Crippen molar-refractivity contribution in [3.05, 3.63) is 113 Å². The lowest BCUT2D eigenvalue weighted by Crippen LogP contribution is -2.30. The van der Waals surface area contributed by atoms with Crippen molar-refractivity contribution in [1.29, 1.82) is 0 Å². The molecule has 4 rings (SSSR count). The van der Waals surface area contributed by atoms with Crippen LogP contribution < -0.4 is 30.2 Å². The molecule has 4 aromatic rings. The standard InChI is InChI=1S/C35H34ClN3O6S/c1-5-45-26-16-14-23(15-17-26)18-30(39-34(41)24-10-7-6-8-11-24)35(42)37-25-12-9-13-27(19-25)46-22(2)33(40)38-29-20-28(36)31(43-3)21-32(29)44-4/h6-22H,5H2,1-4H3,(H,37,42)(H,38,40)(H,39,41)/b30-18+. The molecule has 0 fully saturated rings. The lowest BCUT2D eigenvalue weighted by atomic mass is 10.1. The van der Waals surface area contributed by atoms with Crippen molar-refractivity contribution in [1.82, 2.24) is 5.32 Å². The van der Waals surface area contributed by atoms with Gasteiger partial charge < -0.3 is 30.2 Å². The number of methoxy groups -OCH3 is 2. The van der Waals surface area contributed by atoms with Gasteiger partial charge in [0.15, 0.2) is 0 Å². The largest absolute Gasteiger partial charge is 0.495 e. The van der Waals surface area contributed by atoms with E-state index in [-0.39, 0.29) is 11.6 Å². The van der Waals surface area contributed by atoms with E-state index in [2.05, 4.69) is 16.0 Å². The molecule has 4 aromatic carbocycles. The molecule has 0 aliphatic rings. The predicted octanol–water partition coefficient (Wildman–Crippen LogP) is 7.28. The summed E-state index contributed by atoms with van der Waals surface area (Å²) in [6, 6.07) is 26.1. The maximum atomic E-state index is 13.5. The van der Waals surface area contributed by atoms with E-state index < -0.39 is 17.1 Å². The molecule has 0 saturated carbocycles. The van der Waals surface area contributed by atoms with E-state index in [1.165, 1.54) is 26.0 Å². The SMILES string of the molecule is CCOc1ccc(/C=C(/NC(=O)c2ccccc2)C(=O)Nc2cccc(SC(C)C(=O)Nc3cc(Cl)c(OC)cc3OC)c2)cc1. The number of nitrogens with one attached hydrogen (secondary N) is 3. The van der Waals surface area contributed by atoms with Crippen LogP contribution in [0.1, 0.15) is 29.8 Å². The van der Waals surface area contributed by atoms with Crippen LogP contribution in [-0.2, 0) is 9.59 Å². The Kier molecular flexibility index (Phi) is 12.1. The number of amides is 3. The number of carbonyl (C=O) groups is 3. The van der Waals surface area contributed by atoms with Gasteiger partial charge in [0.05, 0.1) is 36.8 Å². The minimum atomic E-state index is -0.519. The molecular formula is C35H34ClN3O6S. The smallest absolute Gasteiger partial charge is 0.272 e. The van der Waals surface area contributed by atoms with Crippen LogP contribution in [0.5, 0.6) is 17.2 Å². The van der Waals surface area contributed by atoms with Crippen molar-refractivity contribution in [3.8, 4) is 17.2 Å². The van der Waals surface area contributed by atoms with Gasteiger partial charge >= 0.3 is 0 Å². The van der Waals surface area contributed by atoms with Gasteiger partial charge in [0.25, 0.3) is 11.8 Å². The zero-order chi connectivity index (χ0) is 33.1. The number of benzene rings is 4. The van der Waals surface area contributed by atoms with Crippen molar-refractivity contribution >= 4 is 58.5 Å². The van der Waals surface area contributed by atoms with Crippen molar-refractivity contribution in [2.24, 2.45) is 0 Å². The molecule has 0 heterocycles. The zero-order valence-corrected chi connectivity index (χ0v) is 27.3. The Labute approximate surface area is 277 Å². The summed E-state index contributed by atoms with van der Waals surface area (Å²) in [4.78, 5) is 40.3. The van der Waals surface area contributed by atoms with Crippen LogP contribution in [0.2, 0.25) is 5.02 Å². The summed E-state index contributed by atoms with van der Waals surface area (Å²) in [5.74, 6) is 0.313. The zero-order valence-electron chi connectivity index (χ0n) is 25.8. The highest BCUT2D eigenvalue weighted by Crippen LogP contribution is 2.36. The first kappa shape index (κ1) is 34.0. The highest BCUT2D eigenvalue weighted by molar-refractivity contribution is 8.00. The van der Waals surface area contributed by atoms with Gasteiger partial charge in [-0.1, -0.05) is 48.0 Å². The molecule has 0 bridgehead atoms. The van der Waals surface area contributed by atoms with Gasteiger partial charge in [0, 0.05) is 22.2 Å². The van der Waals surface area contributed by atoms with E-state index >= 15 is 0 Å². The van der Waals surface area contributed by atoms with Crippen LogP contribution in [0.25, 0.3) is 6.08 Å². The van der Waals surface area contributed by atoms with E-state index in [0.29, 0.717) is 51.4 Å². The number of thioether (sulfide) groups is 1. The molecule has 0 aliphatic heterocycles. The molecule has 0 radical (unpaired) electrons. The van der Waals surface area contributed by atoms with Gasteiger partial charge in [0.1, 0.15) is 22.9 Å². The average Bonchev–Trinajstić information content (AvgIpc) is 3.06. The highest BCUT2D eigenvalue weighted by Gasteiger charge is 2.19. The number of rotatable bonds is 13. The fourth-order valence-corrected chi connectivity index (χ4v) is 5.40. The van der Waals surface area contributed by atoms with Crippen molar-refractivity contribution in [3.63, 3.8) is 0 Å². The van der Waals surface area contributed by atoms with Crippen molar-refractivity contribution < 1.29 is 28.6 Å². The van der Waals surface area contributed by atoms with Crippen LogP contribution in [-0.4, -0.2) is 43.8 Å². The molecule has 9 nitrogen and oxygen atoms in total. The highest BCUT2D eigenvalue weighted by atomic mass is 35.5. The molecule has 0 aromatic heterocycles. The summed E-state index contributed by atoms with van der Waals surface area (Å²) in [7, 11) is 2.98. The van der Waals surface area contributed by atoms with E-state index in [0.717, 1.165) is 4.90 Å². The van der Waals surface area contributed by atoms with E-state index in [1.54, 1.807) is 97.9 Å². The topological polar surface area (TPSA) is 115 Å². The maximum Gasteiger partial charge on any atom is 0.272 e. The fourth-order valence-electron chi connectivity index (χ4n) is 4.23. The second kappa shape index (κ2) is 16.4. The third-order valence-corrected chi connectivity index (χ3v) is 7.93. The minimum absolute atomic E-state index is 0.0518. The number of ether oxygens (including phenoxy) is 3.